The smallest absolute Gasteiger partial charge is 0.337 e. The van der Waals surface area contributed by atoms with E-state index in [1.807, 2.05) is 0 Å². The molecule has 0 spiro atoms. The topological polar surface area (TPSA) is 131 Å². The molecule has 1 aliphatic carbocycles. The number of benzene rings is 3. The predicted molar refractivity (Wildman–Crippen MR) is 169 cm³/mol. The number of ether oxygens (including phenoxy) is 1. The molecule has 1 saturated carbocycles. The summed E-state index contributed by atoms with van der Waals surface area (Å²) in [6.07, 6.45) is 3.70. The van der Waals surface area contributed by atoms with Crippen LogP contribution in [0.15, 0.2) is 66.7 Å². The van der Waals surface area contributed by atoms with Crippen LogP contribution in [0.5, 0.6) is 0 Å². The molecule has 45 heavy (non-hydrogen) atoms. The SMILES string of the molecule is COC(=O)c1ccc(CONC(=O)[C@@H]2c3ccccc3C(=O)N([C@H]3CCCC[C@@H]3NS(C)(=O)=O)[C@H]2c2ccc(Cl)cc2Cl)cc1. The second-order valence-corrected chi connectivity index (χ2v) is 13.8. The number of carbonyl (C=O) groups is 3. The number of halogens is 2. The number of hydroxylamine groups is 1. The zero-order valence-corrected chi connectivity index (χ0v) is 27.0. The van der Waals surface area contributed by atoms with E-state index in [4.69, 9.17) is 32.8 Å². The van der Waals surface area contributed by atoms with E-state index in [0.717, 1.165) is 19.1 Å². The number of amides is 2. The lowest BCUT2D eigenvalue weighted by molar-refractivity contribution is -0.138. The molecule has 0 radical (unpaired) electrons. The van der Waals surface area contributed by atoms with E-state index in [9.17, 15) is 22.8 Å². The zero-order chi connectivity index (χ0) is 32.3. The summed E-state index contributed by atoms with van der Waals surface area (Å²) < 4.78 is 32.2. The molecule has 2 N–H and O–H groups in total. The van der Waals surface area contributed by atoms with E-state index < -0.39 is 45.9 Å². The maximum Gasteiger partial charge on any atom is 0.337 e. The monoisotopic (exact) mass is 673 g/mol. The van der Waals surface area contributed by atoms with Crippen molar-refractivity contribution in [3.63, 3.8) is 0 Å². The highest BCUT2D eigenvalue weighted by Gasteiger charge is 2.49. The number of rotatable bonds is 9. The second-order valence-electron chi connectivity index (χ2n) is 11.2. The van der Waals surface area contributed by atoms with E-state index in [-0.39, 0.29) is 17.5 Å². The molecule has 0 aromatic heterocycles. The Balaban J connectivity index is 1.53. The Morgan fingerprint density at radius 3 is 2.38 bits per heavy atom. The number of hydrogen-bond acceptors (Lipinski definition) is 7. The third-order valence-corrected chi connectivity index (χ3v) is 9.47. The molecule has 1 aliphatic heterocycles. The molecule has 2 aliphatic rings. The molecule has 238 valence electrons. The van der Waals surface area contributed by atoms with Crippen LogP contribution in [-0.4, -0.2) is 56.6 Å². The molecule has 5 rings (SSSR count). The highest BCUT2D eigenvalue weighted by molar-refractivity contribution is 7.88. The Hall–Kier alpha value is -3.48. The highest BCUT2D eigenvalue weighted by atomic mass is 35.5. The van der Waals surface area contributed by atoms with Gasteiger partial charge in [-0.1, -0.05) is 72.4 Å². The summed E-state index contributed by atoms with van der Waals surface area (Å²) in [4.78, 5) is 47.5. The van der Waals surface area contributed by atoms with Crippen LogP contribution in [-0.2, 0) is 31.0 Å². The van der Waals surface area contributed by atoms with Gasteiger partial charge in [-0.25, -0.2) is 23.4 Å². The van der Waals surface area contributed by atoms with Gasteiger partial charge in [0.1, 0.15) is 0 Å². The first kappa shape index (κ1) is 32.9. The molecular formula is C32H33Cl2N3O7S. The molecule has 4 atom stereocenters. The van der Waals surface area contributed by atoms with Gasteiger partial charge in [0.05, 0.1) is 37.5 Å². The molecule has 3 aromatic rings. The largest absolute Gasteiger partial charge is 0.465 e. The van der Waals surface area contributed by atoms with Gasteiger partial charge >= 0.3 is 5.97 Å². The van der Waals surface area contributed by atoms with E-state index in [1.54, 1.807) is 71.6 Å². The van der Waals surface area contributed by atoms with Crippen molar-refractivity contribution < 1.29 is 32.4 Å². The van der Waals surface area contributed by atoms with Crippen molar-refractivity contribution >= 4 is 51.0 Å². The van der Waals surface area contributed by atoms with Gasteiger partial charge in [-0.05, 0) is 59.9 Å². The summed E-state index contributed by atoms with van der Waals surface area (Å²) in [5.74, 6) is -2.29. The lowest BCUT2D eigenvalue weighted by Gasteiger charge is -2.49. The predicted octanol–water partition coefficient (Wildman–Crippen LogP) is 5.17. The first-order valence-electron chi connectivity index (χ1n) is 14.4. The zero-order valence-electron chi connectivity index (χ0n) is 24.7. The van der Waals surface area contributed by atoms with Crippen molar-refractivity contribution in [2.75, 3.05) is 13.4 Å². The third-order valence-electron chi connectivity index (χ3n) is 8.18. The van der Waals surface area contributed by atoms with Crippen molar-refractivity contribution in [2.24, 2.45) is 0 Å². The van der Waals surface area contributed by atoms with Gasteiger partial charge in [0.2, 0.25) is 10.0 Å². The second kappa shape index (κ2) is 13.9. The van der Waals surface area contributed by atoms with Crippen LogP contribution in [0.1, 0.15) is 75.0 Å². The fraction of sp³-hybridized carbons (Fsp3) is 0.344. The van der Waals surface area contributed by atoms with Crippen molar-refractivity contribution in [2.45, 2.75) is 56.3 Å². The fourth-order valence-electron chi connectivity index (χ4n) is 6.24. The van der Waals surface area contributed by atoms with Gasteiger partial charge in [-0.15, -0.1) is 0 Å². The summed E-state index contributed by atoms with van der Waals surface area (Å²) in [7, 11) is -2.30. The molecule has 0 bridgehead atoms. The number of sulfonamides is 1. The Kier molecular flexibility index (Phi) is 10.1. The average Bonchev–Trinajstić information content (AvgIpc) is 3.01. The quantitative estimate of drug-likeness (QED) is 0.237. The number of carbonyl (C=O) groups excluding carboxylic acids is 3. The first-order chi connectivity index (χ1) is 21.5. The number of methoxy groups -OCH3 is 1. The Morgan fingerprint density at radius 2 is 1.69 bits per heavy atom. The molecule has 0 unspecified atom stereocenters. The number of nitrogens with zero attached hydrogens (tertiary/aromatic N) is 1. The molecule has 3 aromatic carbocycles. The molecule has 1 fully saturated rings. The number of hydrogen-bond donors (Lipinski definition) is 2. The van der Waals surface area contributed by atoms with Crippen molar-refractivity contribution in [3.8, 4) is 0 Å². The Bertz CT molecular complexity index is 1700. The van der Waals surface area contributed by atoms with Crippen LogP contribution in [0.4, 0.5) is 0 Å². The standard InChI is InChI=1S/C32H33Cl2N3O7S/c1-43-32(40)20-13-11-19(12-14-20)18-44-35-30(38)28-22-7-3-4-8-23(22)31(39)37(29(28)24-16-15-21(33)17-25(24)34)27-10-6-5-9-26(27)36-45(2,41)42/h3-4,7-8,11-17,26-29,36H,5-6,9-10,18H2,1-2H3,(H,35,38)/t26-,27-,28+,29-/m0/s1. The van der Waals surface area contributed by atoms with Gasteiger partial charge in [0, 0.05) is 27.7 Å². The van der Waals surface area contributed by atoms with Gasteiger partial charge in [-0.2, -0.15) is 0 Å². The molecule has 13 heteroatoms. The molecule has 1 heterocycles. The minimum Gasteiger partial charge on any atom is -0.465 e. The van der Waals surface area contributed by atoms with Crippen molar-refractivity contribution in [1.82, 2.24) is 15.1 Å². The summed E-state index contributed by atoms with van der Waals surface area (Å²) in [5.41, 5.74) is 4.94. The lowest BCUT2D eigenvalue weighted by atomic mass is 9.76. The summed E-state index contributed by atoms with van der Waals surface area (Å²) in [6, 6.07) is 16.3. The summed E-state index contributed by atoms with van der Waals surface area (Å²) in [5, 5.41) is 0.646. The molecule has 10 nitrogen and oxygen atoms in total. The van der Waals surface area contributed by atoms with E-state index >= 15 is 0 Å². The van der Waals surface area contributed by atoms with Gasteiger partial charge in [0.15, 0.2) is 0 Å². The number of fused-ring (bicyclic) bond motifs is 1. The normalized spacial score (nSPS) is 21.6. The summed E-state index contributed by atoms with van der Waals surface area (Å²) >= 11 is 13.0. The lowest BCUT2D eigenvalue weighted by Crippen LogP contribution is -2.59. The van der Waals surface area contributed by atoms with Gasteiger partial charge in [-0.3, -0.25) is 14.4 Å². The number of esters is 1. The minimum absolute atomic E-state index is 0.000446. The highest BCUT2D eigenvalue weighted by Crippen LogP contribution is 2.47. The average molecular weight is 675 g/mol. The van der Waals surface area contributed by atoms with Crippen LogP contribution in [0.25, 0.3) is 0 Å². The fourth-order valence-corrected chi connectivity index (χ4v) is 7.58. The van der Waals surface area contributed by atoms with Crippen LogP contribution >= 0.6 is 23.2 Å². The van der Waals surface area contributed by atoms with Crippen LogP contribution < -0.4 is 10.2 Å². The Morgan fingerprint density at radius 1 is 0.978 bits per heavy atom. The Labute approximate surface area is 272 Å². The van der Waals surface area contributed by atoms with Crippen LogP contribution in [0, 0.1) is 0 Å². The first-order valence-corrected chi connectivity index (χ1v) is 17.1. The molecule has 2 amide bonds. The maximum absolute atomic E-state index is 14.3. The minimum atomic E-state index is -3.60. The van der Waals surface area contributed by atoms with Crippen molar-refractivity contribution in [1.29, 1.82) is 0 Å². The number of nitrogens with one attached hydrogen (secondary N) is 2. The van der Waals surface area contributed by atoms with Gasteiger partial charge in [0.25, 0.3) is 11.8 Å². The summed E-state index contributed by atoms with van der Waals surface area (Å²) in [6.45, 7) is -0.000446. The van der Waals surface area contributed by atoms with E-state index in [0.29, 0.717) is 45.7 Å². The van der Waals surface area contributed by atoms with E-state index in [1.165, 1.54) is 7.11 Å². The van der Waals surface area contributed by atoms with Crippen LogP contribution in [0.2, 0.25) is 10.0 Å². The van der Waals surface area contributed by atoms with Crippen molar-refractivity contribution in [3.05, 3.63) is 105 Å². The molecular weight excluding hydrogens is 641 g/mol. The van der Waals surface area contributed by atoms with Crippen LogP contribution in [0.3, 0.4) is 0 Å². The maximum atomic E-state index is 14.3. The van der Waals surface area contributed by atoms with Gasteiger partial charge < -0.3 is 9.64 Å². The van der Waals surface area contributed by atoms with E-state index in [2.05, 4.69) is 10.2 Å². The molecule has 0 saturated heterocycles. The third kappa shape index (κ3) is 7.34.